The molecule has 0 aromatic carbocycles. The van der Waals surface area contributed by atoms with E-state index in [1.165, 1.54) is 45.2 Å². The van der Waals surface area contributed by atoms with E-state index in [0.29, 0.717) is 0 Å². The summed E-state index contributed by atoms with van der Waals surface area (Å²) in [6.45, 7) is 11.3. The molecule has 0 radical (unpaired) electrons. The maximum Gasteiger partial charge on any atom is 0.00668 e. The molecular formula is C12H27N. The Balaban J connectivity index is 0.000000671. The van der Waals surface area contributed by atoms with E-state index < -0.39 is 0 Å². The molecule has 1 aliphatic rings. The van der Waals surface area contributed by atoms with Crippen LogP contribution in [0.4, 0.5) is 0 Å². The molecule has 0 saturated carbocycles. The lowest BCUT2D eigenvalue weighted by molar-refractivity contribution is 0.166. The van der Waals surface area contributed by atoms with Gasteiger partial charge in [0.25, 0.3) is 0 Å². The van der Waals surface area contributed by atoms with Gasteiger partial charge in [-0.05, 0) is 39.3 Å². The second kappa shape index (κ2) is 8.55. The van der Waals surface area contributed by atoms with Crippen molar-refractivity contribution in [3.05, 3.63) is 0 Å². The van der Waals surface area contributed by atoms with E-state index >= 15 is 0 Å². The maximum absolute atomic E-state index is 2.65. The van der Waals surface area contributed by atoms with Gasteiger partial charge in [0.2, 0.25) is 0 Å². The highest BCUT2D eigenvalue weighted by molar-refractivity contribution is 4.70. The van der Waals surface area contributed by atoms with Crippen LogP contribution >= 0.6 is 0 Å². The van der Waals surface area contributed by atoms with Crippen molar-refractivity contribution in [2.45, 2.75) is 65.8 Å². The van der Waals surface area contributed by atoms with Gasteiger partial charge in [0.15, 0.2) is 0 Å². The Morgan fingerprint density at radius 2 is 1.62 bits per heavy atom. The van der Waals surface area contributed by atoms with Crippen LogP contribution in [0.2, 0.25) is 0 Å². The summed E-state index contributed by atoms with van der Waals surface area (Å²) in [4.78, 5) is 2.65. The van der Waals surface area contributed by atoms with Crippen molar-refractivity contribution in [2.24, 2.45) is 0 Å². The molecule has 1 heterocycles. The molecule has 0 aromatic rings. The predicted molar refractivity (Wildman–Crippen MR) is 61.1 cm³/mol. The van der Waals surface area contributed by atoms with Gasteiger partial charge < -0.3 is 4.90 Å². The second-order valence-corrected chi connectivity index (χ2v) is 3.73. The number of rotatable bonds is 3. The fourth-order valence-corrected chi connectivity index (χ4v) is 1.96. The van der Waals surface area contributed by atoms with Gasteiger partial charge in [-0.2, -0.15) is 0 Å². The lowest BCUT2D eigenvalue weighted by Crippen LogP contribution is -2.37. The van der Waals surface area contributed by atoms with Gasteiger partial charge in [-0.25, -0.2) is 0 Å². The minimum absolute atomic E-state index is 0.834. The van der Waals surface area contributed by atoms with E-state index in [1.54, 1.807) is 0 Å². The van der Waals surface area contributed by atoms with Gasteiger partial charge in [-0.15, -0.1) is 0 Å². The minimum Gasteiger partial charge on any atom is -0.301 e. The molecule has 13 heavy (non-hydrogen) atoms. The first kappa shape index (κ1) is 13.0. The lowest BCUT2D eigenvalue weighted by Gasteiger charge is -2.32. The number of piperidine rings is 1. The van der Waals surface area contributed by atoms with Crippen LogP contribution in [0.25, 0.3) is 0 Å². The first-order valence-electron chi connectivity index (χ1n) is 6.08. The van der Waals surface area contributed by atoms with Crippen molar-refractivity contribution in [3.63, 3.8) is 0 Å². The summed E-state index contributed by atoms with van der Waals surface area (Å²) in [6.07, 6.45) is 7.01. The Bertz CT molecular complexity index is 95.3. The van der Waals surface area contributed by atoms with Crippen LogP contribution in [0.3, 0.4) is 0 Å². The Morgan fingerprint density at radius 1 is 1.08 bits per heavy atom. The van der Waals surface area contributed by atoms with Gasteiger partial charge in [0, 0.05) is 6.04 Å². The van der Waals surface area contributed by atoms with Crippen LogP contribution in [-0.4, -0.2) is 24.0 Å². The highest BCUT2D eigenvalue weighted by atomic mass is 15.1. The molecule has 1 saturated heterocycles. The zero-order valence-corrected chi connectivity index (χ0v) is 9.97. The Kier molecular flexibility index (Phi) is 8.53. The maximum atomic E-state index is 2.65. The molecule has 0 bridgehead atoms. The largest absolute Gasteiger partial charge is 0.301 e. The molecule has 1 nitrogen and oxygen atoms in total. The predicted octanol–water partition coefficient (Wildman–Crippen LogP) is 3.69. The number of likely N-dealkylation sites (tertiary alicyclic amines) is 1. The monoisotopic (exact) mass is 185 g/mol. The Labute approximate surface area is 84.5 Å². The van der Waals surface area contributed by atoms with Gasteiger partial charge >= 0.3 is 0 Å². The average molecular weight is 185 g/mol. The van der Waals surface area contributed by atoms with Crippen LogP contribution in [0.1, 0.15) is 59.8 Å². The summed E-state index contributed by atoms with van der Waals surface area (Å²) in [5.41, 5.74) is 0. The smallest absolute Gasteiger partial charge is 0.00668 e. The van der Waals surface area contributed by atoms with E-state index in [0.717, 1.165) is 6.04 Å². The highest BCUT2D eigenvalue weighted by Crippen LogP contribution is 2.14. The van der Waals surface area contributed by atoms with Crippen molar-refractivity contribution in [1.29, 1.82) is 0 Å². The van der Waals surface area contributed by atoms with Gasteiger partial charge in [-0.1, -0.05) is 33.6 Å². The quantitative estimate of drug-likeness (QED) is 0.648. The van der Waals surface area contributed by atoms with E-state index in [9.17, 15) is 0 Å². The summed E-state index contributed by atoms with van der Waals surface area (Å²) < 4.78 is 0. The van der Waals surface area contributed by atoms with Crippen LogP contribution < -0.4 is 0 Å². The zero-order chi connectivity index (χ0) is 10.1. The summed E-state index contributed by atoms with van der Waals surface area (Å²) in [7, 11) is 0. The summed E-state index contributed by atoms with van der Waals surface area (Å²) in [6, 6.07) is 0.834. The Morgan fingerprint density at radius 3 is 2.08 bits per heavy atom. The van der Waals surface area contributed by atoms with Gasteiger partial charge in [0.1, 0.15) is 0 Å². The van der Waals surface area contributed by atoms with Crippen LogP contribution in [0, 0.1) is 0 Å². The number of nitrogens with zero attached hydrogens (tertiary/aromatic N) is 1. The molecular weight excluding hydrogens is 158 g/mol. The second-order valence-electron chi connectivity index (χ2n) is 3.73. The lowest BCUT2D eigenvalue weighted by atomic mass is 10.1. The topological polar surface area (TPSA) is 3.24 Å². The van der Waals surface area contributed by atoms with Crippen molar-refractivity contribution < 1.29 is 0 Å². The molecule has 0 aromatic heterocycles. The normalized spacial score (nSPS) is 20.3. The number of hydrogen-bond acceptors (Lipinski definition) is 1. The summed E-state index contributed by atoms with van der Waals surface area (Å²) in [5.74, 6) is 0. The zero-order valence-electron chi connectivity index (χ0n) is 9.97. The third-order valence-corrected chi connectivity index (χ3v) is 2.72. The number of hydrogen-bond donors (Lipinski definition) is 0. The van der Waals surface area contributed by atoms with Gasteiger partial charge in [-0.3, -0.25) is 0 Å². The van der Waals surface area contributed by atoms with E-state index in [2.05, 4.69) is 18.7 Å². The van der Waals surface area contributed by atoms with Crippen molar-refractivity contribution in [3.8, 4) is 0 Å². The molecule has 1 atom stereocenters. The molecule has 0 aliphatic carbocycles. The van der Waals surface area contributed by atoms with Crippen molar-refractivity contribution >= 4 is 0 Å². The molecule has 1 heteroatoms. The SMILES string of the molecule is CC.CCCC(C)N1CCCCC1. The fraction of sp³-hybridized carbons (Fsp3) is 1.00. The first-order chi connectivity index (χ1) is 6.34. The molecule has 0 spiro atoms. The molecule has 0 N–H and O–H groups in total. The van der Waals surface area contributed by atoms with Crippen LogP contribution in [0.5, 0.6) is 0 Å². The fourth-order valence-electron chi connectivity index (χ4n) is 1.96. The van der Waals surface area contributed by atoms with Crippen LogP contribution in [0.15, 0.2) is 0 Å². The van der Waals surface area contributed by atoms with Crippen LogP contribution in [-0.2, 0) is 0 Å². The van der Waals surface area contributed by atoms with Crippen molar-refractivity contribution in [1.82, 2.24) is 4.90 Å². The van der Waals surface area contributed by atoms with Gasteiger partial charge in [0.05, 0.1) is 0 Å². The van der Waals surface area contributed by atoms with Crippen molar-refractivity contribution in [2.75, 3.05) is 13.1 Å². The minimum atomic E-state index is 0.834. The summed E-state index contributed by atoms with van der Waals surface area (Å²) >= 11 is 0. The molecule has 0 amide bonds. The van der Waals surface area contributed by atoms with E-state index in [-0.39, 0.29) is 0 Å². The first-order valence-corrected chi connectivity index (χ1v) is 6.08. The highest BCUT2D eigenvalue weighted by Gasteiger charge is 2.14. The van der Waals surface area contributed by atoms with E-state index in [1.807, 2.05) is 13.8 Å². The standard InChI is InChI=1S/C10H21N.C2H6/c1-3-7-10(2)11-8-5-4-6-9-11;1-2/h10H,3-9H2,1-2H3;1-2H3. The molecule has 80 valence electrons. The molecule has 1 rings (SSSR count). The molecule has 1 fully saturated rings. The molecule has 1 unspecified atom stereocenters. The third kappa shape index (κ3) is 5.30. The van der Waals surface area contributed by atoms with E-state index in [4.69, 9.17) is 0 Å². The summed E-state index contributed by atoms with van der Waals surface area (Å²) in [5, 5.41) is 0. The molecule has 1 aliphatic heterocycles. The third-order valence-electron chi connectivity index (χ3n) is 2.72. The Hall–Kier alpha value is -0.0400. The average Bonchev–Trinajstić information content (AvgIpc) is 2.23.